The Morgan fingerprint density at radius 3 is 2.65 bits per heavy atom. The van der Waals surface area contributed by atoms with Crippen LogP contribution in [0.5, 0.6) is 5.75 Å². The Morgan fingerprint density at radius 1 is 1.40 bits per heavy atom. The summed E-state index contributed by atoms with van der Waals surface area (Å²) < 4.78 is 5.24. The molecule has 4 heteroatoms. The molecule has 1 aromatic rings. The van der Waals surface area contributed by atoms with Gasteiger partial charge < -0.3 is 15.0 Å². The predicted octanol–water partition coefficient (Wildman–Crippen LogP) is 3.56. The summed E-state index contributed by atoms with van der Waals surface area (Å²) in [5, 5.41) is 4.30. The Labute approximate surface area is 127 Å². The van der Waals surface area contributed by atoms with Crippen molar-refractivity contribution in [3.8, 4) is 5.75 Å². The molecule has 1 aliphatic rings. The number of ether oxygens (including phenoxy) is 1. The number of hydrogen-bond donors (Lipinski definition) is 1. The third-order valence-corrected chi connectivity index (χ3v) is 4.29. The van der Waals surface area contributed by atoms with Crippen LogP contribution in [0.25, 0.3) is 0 Å². The van der Waals surface area contributed by atoms with Gasteiger partial charge in [-0.25, -0.2) is 0 Å². The summed E-state index contributed by atoms with van der Waals surface area (Å²) in [7, 11) is 1.64. The van der Waals surface area contributed by atoms with Crippen LogP contribution < -0.4 is 15.0 Å². The molecule has 20 heavy (non-hydrogen) atoms. The van der Waals surface area contributed by atoms with Crippen molar-refractivity contribution in [1.82, 2.24) is 5.32 Å². The zero-order valence-corrected chi connectivity index (χ0v) is 13.8. The van der Waals surface area contributed by atoms with E-state index in [1.165, 1.54) is 5.69 Å². The first-order valence-corrected chi connectivity index (χ1v) is 7.57. The highest BCUT2D eigenvalue weighted by atomic mass is 35.5. The summed E-state index contributed by atoms with van der Waals surface area (Å²) >= 11 is 6.28. The normalized spacial score (nSPS) is 22.1. The second-order valence-electron chi connectivity index (χ2n) is 6.52. The number of hydrogen-bond acceptors (Lipinski definition) is 3. The van der Waals surface area contributed by atoms with Gasteiger partial charge in [-0.1, -0.05) is 25.4 Å². The molecule has 1 heterocycles. The van der Waals surface area contributed by atoms with Gasteiger partial charge >= 0.3 is 0 Å². The van der Waals surface area contributed by atoms with Crippen LogP contribution in [0.15, 0.2) is 18.2 Å². The third-order valence-electron chi connectivity index (χ3n) is 3.99. The number of nitrogens with one attached hydrogen (secondary N) is 1. The van der Waals surface area contributed by atoms with Crippen molar-refractivity contribution in [2.45, 2.75) is 39.3 Å². The number of piperazine rings is 1. The Hall–Kier alpha value is -0.930. The monoisotopic (exact) mass is 296 g/mol. The Balaban J connectivity index is 2.32. The molecule has 112 valence electrons. The van der Waals surface area contributed by atoms with Crippen LogP contribution in [0.4, 0.5) is 5.69 Å². The molecule has 1 saturated heterocycles. The van der Waals surface area contributed by atoms with Crippen molar-refractivity contribution in [2.75, 3.05) is 25.1 Å². The van der Waals surface area contributed by atoms with Gasteiger partial charge in [0.1, 0.15) is 5.75 Å². The van der Waals surface area contributed by atoms with Gasteiger partial charge in [0.2, 0.25) is 0 Å². The molecule has 3 nitrogen and oxygen atoms in total. The van der Waals surface area contributed by atoms with Gasteiger partial charge in [0.05, 0.1) is 12.1 Å². The van der Waals surface area contributed by atoms with E-state index >= 15 is 0 Å². The van der Waals surface area contributed by atoms with Crippen molar-refractivity contribution >= 4 is 17.3 Å². The fourth-order valence-corrected chi connectivity index (χ4v) is 3.05. The van der Waals surface area contributed by atoms with E-state index in [0.29, 0.717) is 17.0 Å². The summed E-state index contributed by atoms with van der Waals surface area (Å²) in [5.74, 6) is 1.31. The van der Waals surface area contributed by atoms with Crippen LogP contribution in [0.1, 0.15) is 27.7 Å². The first kappa shape index (κ1) is 15.5. The van der Waals surface area contributed by atoms with Gasteiger partial charge in [-0.2, -0.15) is 0 Å². The van der Waals surface area contributed by atoms with E-state index in [4.69, 9.17) is 16.3 Å². The average Bonchev–Trinajstić information content (AvgIpc) is 2.37. The molecule has 1 N–H and O–H groups in total. The molecule has 1 unspecified atom stereocenters. The lowest BCUT2D eigenvalue weighted by molar-refractivity contribution is 0.277. The maximum atomic E-state index is 6.28. The van der Waals surface area contributed by atoms with E-state index in [1.54, 1.807) is 7.11 Å². The van der Waals surface area contributed by atoms with Crippen molar-refractivity contribution in [1.29, 1.82) is 0 Å². The van der Waals surface area contributed by atoms with Crippen molar-refractivity contribution in [3.63, 3.8) is 0 Å². The number of nitrogens with zero attached hydrogens (tertiary/aromatic N) is 1. The minimum Gasteiger partial charge on any atom is -0.495 e. The third kappa shape index (κ3) is 3.21. The highest BCUT2D eigenvalue weighted by molar-refractivity contribution is 6.32. The fraction of sp³-hybridized carbons (Fsp3) is 0.625. The molecule has 1 aliphatic heterocycles. The Bertz CT molecular complexity index is 474. The van der Waals surface area contributed by atoms with Crippen LogP contribution >= 0.6 is 11.6 Å². The summed E-state index contributed by atoms with van der Waals surface area (Å²) in [6, 6.07) is 6.54. The van der Waals surface area contributed by atoms with Gasteiger partial charge in [0.25, 0.3) is 0 Å². The van der Waals surface area contributed by atoms with E-state index in [0.717, 1.165) is 18.8 Å². The van der Waals surface area contributed by atoms with E-state index in [2.05, 4.69) is 44.0 Å². The molecule has 0 aromatic heterocycles. The smallest absolute Gasteiger partial charge is 0.137 e. The number of methoxy groups -OCH3 is 1. The molecule has 0 amide bonds. The first-order valence-electron chi connectivity index (χ1n) is 7.19. The predicted molar refractivity (Wildman–Crippen MR) is 86.1 cm³/mol. The van der Waals surface area contributed by atoms with E-state index in [1.807, 2.05) is 12.1 Å². The highest BCUT2D eigenvalue weighted by Crippen LogP contribution is 2.33. The Kier molecular flexibility index (Phi) is 4.50. The fourth-order valence-electron chi connectivity index (χ4n) is 2.80. The average molecular weight is 297 g/mol. The van der Waals surface area contributed by atoms with Gasteiger partial charge in [-0.3, -0.25) is 0 Å². The molecular weight excluding hydrogens is 272 g/mol. The molecule has 0 saturated carbocycles. The second kappa shape index (κ2) is 5.82. The molecule has 1 atom stereocenters. The van der Waals surface area contributed by atoms with E-state index in [-0.39, 0.29) is 5.54 Å². The van der Waals surface area contributed by atoms with Crippen molar-refractivity contribution in [2.24, 2.45) is 5.92 Å². The van der Waals surface area contributed by atoms with E-state index in [9.17, 15) is 0 Å². The van der Waals surface area contributed by atoms with Gasteiger partial charge in [0, 0.05) is 30.4 Å². The van der Waals surface area contributed by atoms with Crippen molar-refractivity contribution in [3.05, 3.63) is 23.2 Å². The molecule has 0 radical (unpaired) electrons. The van der Waals surface area contributed by atoms with Crippen LogP contribution in [-0.4, -0.2) is 31.8 Å². The number of benzene rings is 1. The molecule has 0 bridgehead atoms. The van der Waals surface area contributed by atoms with Gasteiger partial charge in [-0.05, 0) is 38.0 Å². The van der Waals surface area contributed by atoms with Crippen LogP contribution in [0.2, 0.25) is 5.02 Å². The van der Waals surface area contributed by atoms with Crippen molar-refractivity contribution < 1.29 is 4.74 Å². The van der Waals surface area contributed by atoms with E-state index < -0.39 is 0 Å². The molecular formula is C16H25ClN2O. The number of rotatable bonds is 3. The second-order valence-corrected chi connectivity index (χ2v) is 6.93. The summed E-state index contributed by atoms with van der Waals surface area (Å²) in [6.45, 7) is 11.0. The summed E-state index contributed by atoms with van der Waals surface area (Å²) in [6.07, 6.45) is 0. The number of halogens is 1. The maximum absolute atomic E-state index is 6.28. The van der Waals surface area contributed by atoms with Crippen LogP contribution in [-0.2, 0) is 0 Å². The standard InChI is InChI=1S/C16H25ClN2O/c1-11(2)14-9-18-16(3,4)10-19(14)12-6-7-15(20-5)13(17)8-12/h6-8,11,14,18H,9-10H2,1-5H3. The molecule has 2 rings (SSSR count). The minimum absolute atomic E-state index is 0.109. The minimum atomic E-state index is 0.109. The zero-order chi connectivity index (χ0) is 14.9. The zero-order valence-electron chi connectivity index (χ0n) is 13.0. The highest BCUT2D eigenvalue weighted by Gasteiger charge is 2.34. The van der Waals surface area contributed by atoms with Crippen LogP contribution in [0.3, 0.4) is 0 Å². The topological polar surface area (TPSA) is 24.5 Å². The SMILES string of the molecule is COc1ccc(N2CC(C)(C)NCC2C(C)C)cc1Cl. The van der Waals surface area contributed by atoms with Gasteiger partial charge in [-0.15, -0.1) is 0 Å². The lowest BCUT2D eigenvalue weighted by Crippen LogP contribution is -2.63. The largest absolute Gasteiger partial charge is 0.495 e. The molecule has 1 aromatic carbocycles. The quantitative estimate of drug-likeness (QED) is 0.923. The summed E-state index contributed by atoms with van der Waals surface area (Å²) in [5.41, 5.74) is 1.28. The van der Waals surface area contributed by atoms with Crippen LogP contribution in [0, 0.1) is 5.92 Å². The first-order chi connectivity index (χ1) is 9.34. The molecule has 0 spiro atoms. The maximum Gasteiger partial charge on any atom is 0.137 e. The lowest BCUT2D eigenvalue weighted by atomic mass is 9.92. The summed E-state index contributed by atoms with van der Waals surface area (Å²) in [4.78, 5) is 2.46. The molecule has 0 aliphatic carbocycles. The Morgan fingerprint density at radius 2 is 2.10 bits per heavy atom. The molecule has 1 fully saturated rings. The lowest BCUT2D eigenvalue weighted by Gasteiger charge is -2.47. The number of anilines is 1. The van der Waals surface area contributed by atoms with Gasteiger partial charge in [0.15, 0.2) is 0 Å².